The maximum atomic E-state index is 5.77. The van der Waals surface area contributed by atoms with Gasteiger partial charge in [0.15, 0.2) is 0 Å². The van der Waals surface area contributed by atoms with Crippen LogP contribution in [0.4, 0.5) is 5.69 Å². The summed E-state index contributed by atoms with van der Waals surface area (Å²) >= 11 is 5.77. The van der Waals surface area contributed by atoms with Gasteiger partial charge in [-0.15, -0.1) is 0 Å². The molecule has 0 amide bonds. The summed E-state index contributed by atoms with van der Waals surface area (Å²) in [5.41, 5.74) is 5.01. The highest BCUT2D eigenvalue weighted by atomic mass is 32.1. The minimum atomic E-state index is 0.379. The molecule has 3 atom stereocenters. The first kappa shape index (κ1) is 15.5. The predicted octanol–water partition coefficient (Wildman–Crippen LogP) is 4.46. The van der Waals surface area contributed by atoms with E-state index in [1.807, 2.05) is 18.5 Å². The highest BCUT2D eigenvalue weighted by Crippen LogP contribution is 2.45. The lowest BCUT2D eigenvalue weighted by atomic mass is 9.78. The molecule has 0 saturated carbocycles. The van der Waals surface area contributed by atoms with Gasteiger partial charge in [-0.25, -0.2) is 0 Å². The lowest BCUT2D eigenvalue weighted by Crippen LogP contribution is -2.40. The molecule has 3 unspecified atom stereocenters. The zero-order valence-corrected chi connectivity index (χ0v) is 15.1. The van der Waals surface area contributed by atoms with Crippen LogP contribution >= 0.6 is 12.2 Å². The van der Waals surface area contributed by atoms with Crippen LogP contribution in [0.15, 0.2) is 42.7 Å². The molecule has 0 spiro atoms. The van der Waals surface area contributed by atoms with Crippen molar-refractivity contribution in [2.75, 3.05) is 18.4 Å². The first-order valence-electron chi connectivity index (χ1n) is 9.39. The Hall–Kier alpha value is -1.78. The number of hydrogen-bond acceptors (Lipinski definition) is 3. The second-order valence-electron chi connectivity index (χ2n) is 7.63. The molecule has 2 saturated heterocycles. The largest absolute Gasteiger partial charge is 0.349 e. The molecule has 1 aromatic carbocycles. The van der Waals surface area contributed by atoms with Crippen molar-refractivity contribution in [1.82, 2.24) is 9.88 Å². The van der Waals surface area contributed by atoms with Crippen LogP contribution in [0.5, 0.6) is 0 Å². The molecule has 1 aromatic heterocycles. The zero-order chi connectivity index (χ0) is 16.8. The Morgan fingerprint density at radius 1 is 1.12 bits per heavy atom. The summed E-state index contributed by atoms with van der Waals surface area (Å²) in [4.78, 5) is 7.98. The third-order valence-electron chi connectivity index (χ3n) is 6.25. The van der Waals surface area contributed by atoms with Gasteiger partial charge >= 0.3 is 0 Å². The highest BCUT2D eigenvalue weighted by Gasteiger charge is 2.40. The Kier molecular flexibility index (Phi) is 3.83. The Labute approximate surface area is 154 Å². The third kappa shape index (κ3) is 2.68. The fraction of sp³-hybridized carbons (Fsp3) is 0.429. The van der Waals surface area contributed by atoms with Crippen molar-refractivity contribution < 1.29 is 0 Å². The summed E-state index contributed by atoms with van der Waals surface area (Å²) in [6, 6.07) is 11.6. The van der Waals surface area contributed by atoms with Crippen molar-refractivity contribution >= 4 is 22.9 Å². The van der Waals surface area contributed by atoms with Crippen molar-refractivity contribution in [3.8, 4) is 11.1 Å². The van der Waals surface area contributed by atoms with Crippen LogP contribution in [-0.4, -0.2) is 34.0 Å². The van der Waals surface area contributed by atoms with Crippen LogP contribution in [0.1, 0.15) is 37.2 Å². The van der Waals surface area contributed by atoms with Gasteiger partial charge in [-0.1, -0.05) is 24.4 Å². The van der Waals surface area contributed by atoms with Gasteiger partial charge in [0.05, 0.1) is 4.99 Å². The highest BCUT2D eigenvalue weighted by molar-refractivity contribution is 7.80. The number of fused-ring (bicyclic) bond motifs is 2. The van der Waals surface area contributed by atoms with Crippen LogP contribution in [0.3, 0.4) is 0 Å². The van der Waals surface area contributed by atoms with Gasteiger partial charge in [0.2, 0.25) is 0 Å². The molecule has 3 aliphatic rings. The van der Waals surface area contributed by atoms with E-state index in [1.54, 1.807) is 0 Å². The quantitative estimate of drug-likeness (QED) is 0.810. The number of hydrogen-bond donors (Lipinski definition) is 1. The zero-order valence-electron chi connectivity index (χ0n) is 14.3. The van der Waals surface area contributed by atoms with Crippen molar-refractivity contribution in [2.24, 2.45) is 5.92 Å². The molecule has 5 rings (SSSR count). The maximum absolute atomic E-state index is 5.77. The topological polar surface area (TPSA) is 28.2 Å². The van der Waals surface area contributed by atoms with Gasteiger partial charge in [0.25, 0.3) is 0 Å². The summed E-state index contributed by atoms with van der Waals surface area (Å²) in [5.74, 6) is 1.05. The molecule has 0 bridgehead atoms. The van der Waals surface area contributed by atoms with Gasteiger partial charge in [-0.05, 0) is 79.6 Å². The standard InChI is InChI=1S/C21H23N3S/c25-21-20(15-7-10-24-9-2-4-17(24)11-15)18-12-14(5-6-19(18)23-21)16-3-1-8-22-13-16/h1,3,5-6,8,12-13,15,17,20H,2,4,7,9-11H2,(H,23,25). The first-order chi connectivity index (χ1) is 12.3. The monoisotopic (exact) mass is 349 g/mol. The van der Waals surface area contributed by atoms with Gasteiger partial charge in [-0.3, -0.25) is 4.98 Å². The smallest absolute Gasteiger partial charge is 0.0876 e. The summed E-state index contributed by atoms with van der Waals surface area (Å²) in [6.07, 6.45) is 9.06. The van der Waals surface area contributed by atoms with E-state index >= 15 is 0 Å². The second kappa shape index (κ2) is 6.19. The second-order valence-corrected chi connectivity index (χ2v) is 8.07. The van der Waals surface area contributed by atoms with E-state index in [0.29, 0.717) is 11.8 Å². The van der Waals surface area contributed by atoms with Crippen molar-refractivity contribution in [1.29, 1.82) is 0 Å². The number of aromatic nitrogens is 1. The number of piperidine rings is 1. The predicted molar refractivity (Wildman–Crippen MR) is 106 cm³/mol. The maximum Gasteiger partial charge on any atom is 0.0876 e. The number of anilines is 1. The molecular formula is C21H23N3S. The van der Waals surface area contributed by atoms with Crippen molar-refractivity contribution in [3.63, 3.8) is 0 Å². The van der Waals surface area contributed by atoms with E-state index in [-0.39, 0.29) is 0 Å². The molecule has 0 aliphatic carbocycles. The Balaban J connectivity index is 1.48. The summed E-state index contributed by atoms with van der Waals surface area (Å²) in [5, 5.41) is 3.49. The molecule has 4 heterocycles. The molecule has 0 radical (unpaired) electrons. The number of thiocarbonyl (C=S) groups is 1. The van der Waals surface area contributed by atoms with Gasteiger partial charge in [0.1, 0.15) is 0 Å². The van der Waals surface area contributed by atoms with Crippen molar-refractivity contribution in [3.05, 3.63) is 48.3 Å². The average Bonchev–Trinajstić information content (AvgIpc) is 3.24. The molecule has 2 aromatic rings. The van der Waals surface area contributed by atoms with E-state index in [1.165, 1.54) is 61.2 Å². The minimum Gasteiger partial charge on any atom is -0.349 e. The van der Waals surface area contributed by atoms with Crippen LogP contribution < -0.4 is 5.32 Å². The first-order valence-corrected chi connectivity index (χ1v) is 9.80. The van der Waals surface area contributed by atoms with Crippen LogP contribution in [-0.2, 0) is 0 Å². The average molecular weight is 350 g/mol. The molecule has 2 fully saturated rings. The summed E-state index contributed by atoms with van der Waals surface area (Å²) in [7, 11) is 0. The lowest BCUT2D eigenvalue weighted by Gasteiger charge is -2.37. The normalized spacial score (nSPS) is 28.5. The third-order valence-corrected chi connectivity index (χ3v) is 6.61. The Morgan fingerprint density at radius 3 is 2.96 bits per heavy atom. The van der Waals surface area contributed by atoms with Crippen molar-refractivity contribution in [2.45, 2.75) is 37.6 Å². The summed E-state index contributed by atoms with van der Waals surface area (Å²) in [6.45, 7) is 2.54. The Morgan fingerprint density at radius 2 is 2.08 bits per heavy atom. The van der Waals surface area contributed by atoms with E-state index in [9.17, 15) is 0 Å². The molecular weight excluding hydrogens is 326 g/mol. The fourth-order valence-corrected chi connectivity index (χ4v) is 5.45. The van der Waals surface area contributed by atoms with Gasteiger partial charge in [0, 0.05) is 30.0 Å². The van der Waals surface area contributed by atoms with Gasteiger partial charge in [-0.2, -0.15) is 0 Å². The van der Waals surface area contributed by atoms with E-state index < -0.39 is 0 Å². The van der Waals surface area contributed by atoms with E-state index in [4.69, 9.17) is 12.2 Å². The number of nitrogens with one attached hydrogen (secondary N) is 1. The van der Waals surface area contributed by atoms with Crippen LogP contribution in [0, 0.1) is 5.92 Å². The number of benzene rings is 1. The molecule has 1 N–H and O–H groups in total. The number of nitrogens with zero attached hydrogens (tertiary/aromatic N) is 2. The molecule has 25 heavy (non-hydrogen) atoms. The molecule has 128 valence electrons. The number of rotatable bonds is 2. The minimum absolute atomic E-state index is 0.379. The van der Waals surface area contributed by atoms with Gasteiger partial charge < -0.3 is 10.2 Å². The lowest BCUT2D eigenvalue weighted by molar-refractivity contribution is 0.149. The number of pyridine rings is 1. The molecule has 4 heteroatoms. The molecule has 3 nitrogen and oxygen atoms in total. The Bertz CT molecular complexity index is 804. The van der Waals surface area contributed by atoms with E-state index in [0.717, 1.165) is 11.0 Å². The van der Waals surface area contributed by atoms with E-state index in [2.05, 4.69) is 39.5 Å². The van der Waals surface area contributed by atoms with Crippen LogP contribution in [0.2, 0.25) is 0 Å². The fourth-order valence-electron chi connectivity index (χ4n) is 5.02. The molecule has 3 aliphatic heterocycles. The van der Waals surface area contributed by atoms with Crippen LogP contribution in [0.25, 0.3) is 11.1 Å². The summed E-state index contributed by atoms with van der Waals surface area (Å²) < 4.78 is 0. The SMILES string of the molecule is S=C1Nc2ccc(-c3cccnc3)cc2C1C1CCN2CCCC2C1.